The lowest BCUT2D eigenvalue weighted by Gasteiger charge is -2.39. The lowest BCUT2D eigenvalue weighted by atomic mass is 10.0. The highest BCUT2D eigenvalue weighted by Crippen LogP contribution is 2.29. The lowest BCUT2D eigenvalue weighted by Crippen LogP contribution is -2.66. The molecule has 17 heteroatoms. The molecule has 0 spiro atoms. The second-order valence-corrected chi connectivity index (χ2v) is 16.3. The van der Waals surface area contributed by atoms with E-state index in [1.807, 2.05) is 0 Å². The average Bonchev–Trinajstić information content (AvgIpc) is 3.61. The second-order valence-electron chi connectivity index (χ2n) is 16.3. The van der Waals surface area contributed by atoms with Gasteiger partial charge in [-0.3, -0.25) is 33.6 Å². The van der Waals surface area contributed by atoms with E-state index in [0.29, 0.717) is 25.6 Å². The van der Waals surface area contributed by atoms with Crippen LogP contribution in [-0.4, -0.2) is 103 Å². The number of hydrogen-bond donors (Lipinski definition) is 2. The van der Waals surface area contributed by atoms with E-state index in [-0.39, 0.29) is 28.9 Å². The fourth-order valence-electron chi connectivity index (χ4n) is 6.75. The number of imide groups is 2. The quantitative estimate of drug-likeness (QED) is 0.173. The summed E-state index contributed by atoms with van der Waals surface area (Å²) in [7, 11) is 0. The van der Waals surface area contributed by atoms with E-state index < -0.39 is 95.0 Å². The Balaban J connectivity index is 1.51. The Hall–Kier alpha value is -6.91. The molecule has 8 amide bonds. The van der Waals surface area contributed by atoms with Crippen molar-refractivity contribution in [2.24, 2.45) is 11.8 Å². The number of hydrazine groups is 2. The summed E-state index contributed by atoms with van der Waals surface area (Å²) in [6.07, 6.45) is -0.978. The van der Waals surface area contributed by atoms with Crippen molar-refractivity contribution in [3.63, 3.8) is 0 Å². The molecule has 0 aliphatic carbocycles. The first kappa shape index (κ1) is 45.2. The van der Waals surface area contributed by atoms with Crippen LogP contribution in [0.4, 0.5) is 4.79 Å². The molecule has 5 rings (SSSR count). The van der Waals surface area contributed by atoms with Crippen LogP contribution in [0.2, 0.25) is 0 Å². The van der Waals surface area contributed by atoms with Gasteiger partial charge in [0.05, 0.1) is 22.3 Å². The van der Waals surface area contributed by atoms with E-state index >= 15 is 0 Å². The molecule has 3 aromatic carbocycles. The third-order valence-electron chi connectivity index (χ3n) is 9.94. The fraction of sp³-hybridized carbons (Fsp3) is 0.386. The topological polar surface area (TPSA) is 209 Å². The number of ether oxygens (including phenoxy) is 2. The molecule has 2 aliphatic rings. The first-order valence-corrected chi connectivity index (χ1v) is 19.8. The standard InChI is InChI=1S/C44H50N6O11/c1-24(2)33(40(56)48(27(6)42(58)60-23-28-17-11-10-12-18-28)50-38(54)31-21-15-16-22-32(31)39(50)55)45-35(51)26(5)47(49-36(52)29-19-13-14-20-30(29)37(49)53)41(57)34(25(3)4)46-43(59)61-44(7,8)9/h10-22,24-27,33-34H,23H2,1-9H3,(H,45,51)(H,46,59)/t26-,27-,33+,34+/m1/s1. The van der Waals surface area contributed by atoms with E-state index in [1.54, 1.807) is 78.8 Å². The van der Waals surface area contributed by atoms with Gasteiger partial charge in [0.2, 0.25) is 5.91 Å². The highest BCUT2D eigenvalue weighted by molar-refractivity contribution is 6.23. The average molecular weight is 839 g/mol. The molecule has 0 unspecified atom stereocenters. The fourth-order valence-corrected chi connectivity index (χ4v) is 6.75. The van der Waals surface area contributed by atoms with Crippen molar-refractivity contribution in [1.29, 1.82) is 0 Å². The molecule has 0 aromatic heterocycles. The van der Waals surface area contributed by atoms with E-state index in [1.165, 1.54) is 62.4 Å². The van der Waals surface area contributed by atoms with Crippen molar-refractivity contribution in [2.45, 2.75) is 98.7 Å². The third kappa shape index (κ3) is 9.45. The molecule has 2 heterocycles. The van der Waals surface area contributed by atoms with E-state index in [4.69, 9.17) is 9.47 Å². The minimum absolute atomic E-state index is 0.0243. The van der Waals surface area contributed by atoms with Crippen LogP contribution in [-0.2, 0) is 35.3 Å². The number of amides is 8. The molecule has 0 bridgehead atoms. The van der Waals surface area contributed by atoms with Gasteiger partial charge in [-0.1, -0.05) is 82.3 Å². The predicted octanol–water partition coefficient (Wildman–Crippen LogP) is 4.28. The van der Waals surface area contributed by atoms with Crippen LogP contribution >= 0.6 is 0 Å². The van der Waals surface area contributed by atoms with Crippen molar-refractivity contribution >= 4 is 53.4 Å². The highest BCUT2D eigenvalue weighted by Gasteiger charge is 2.50. The highest BCUT2D eigenvalue weighted by atomic mass is 16.6. The van der Waals surface area contributed by atoms with Crippen molar-refractivity contribution in [2.75, 3.05) is 0 Å². The summed E-state index contributed by atoms with van der Waals surface area (Å²) in [5.41, 5.74) is -0.467. The largest absolute Gasteiger partial charge is 0.459 e. The number of nitrogens with zero attached hydrogens (tertiary/aromatic N) is 4. The summed E-state index contributed by atoms with van der Waals surface area (Å²) in [4.78, 5) is 126. The number of fused-ring (bicyclic) bond motifs is 2. The van der Waals surface area contributed by atoms with Crippen LogP contribution < -0.4 is 10.6 Å². The summed E-state index contributed by atoms with van der Waals surface area (Å²) in [5, 5.41) is 7.43. The Morgan fingerprint density at radius 1 is 0.574 bits per heavy atom. The van der Waals surface area contributed by atoms with E-state index in [9.17, 15) is 43.2 Å². The van der Waals surface area contributed by atoms with Gasteiger partial charge in [-0.15, -0.1) is 0 Å². The first-order chi connectivity index (χ1) is 28.7. The summed E-state index contributed by atoms with van der Waals surface area (Å²) < 4.78 is 10.9. The molecular weight excluding hydrogens is 789 g/mol. The second kappa shape index (κ2) is 18.1. The van der Waals surface area contributed by atoms with Crippen LogP contribution in [0.25, 0.3) is 0 Å². The maximum atomic E-state index is 14.8. The van der Waals surface area contributed by atoms with Gasteiger partial charge in [-0.2, -0.15) is 10.0 Å². The number of benzene rings is 3. The van der Waals surface area contributed by atoms with Gasteiger partial charge < -0.3 is 20.1 Å². The van der Waals surface area contributed by atoms with Crippen molar-refractivity contribution in [3.8, 4) is 0 Å². The van der Waals surface area contributed by atoms with Crippen molar-refractivity contribution in [1.82, 2.24) is 30.7 Å². The zero-order valence-corrected chi connectivity index (χ0v) is 35.5. The SMILES string of the molecule is CC(C)[C@H](NC(=O)OC(C)(C)C)C(=O)N([C@H](C)C(=O)N[C@H](C(=O)N([C@H](C)C(=O)OCc1ccccc1)N1C(=O)c2ccccc2C1=O)C(C)C)N1C(=O)c2ccccc2C1=O. The van der Waals surface area contributed by atoms with Crippen molar-refractivity contribution in [3.05, 3.63) is 107 Å². The van der Waals surface area contributed by atoms with E-state index in [2.05, 4.69) is 10.6 Å². The zero-order chi connectivity index (χ0) is 45.1. The molecular formula is C44H50N6O11. The minimum atomic E-state index is -1.73. The number of hydrogen-bond acceptors (Lipinski definition) is 11. The van der Waals surface area contributed by atoms with Gasteiger partial charge in [0, 0.05) is 0 Å². The van der Waals surface area contributed by atoms with Gasteiger partial charge in [0.15, 0.2) is 0 Å². The number of esters is 1. The number of nitrogens with one attached hydrogen (secondary N) is 2. The lowest BCUT2D eigenvalue weighted by molar-refractivity contribution is -0.166. The molecule has 0 radical (unpaired) electrons. The van der Waals surface area contributed by atoms with Gasteiger partial charge >= 0.3 is 12.1 Å². The summed E-state index contributed by atoms with van der Waals surface area (Å²) in [6.45, 7) is 13.4. The van der Waals surface area contributed by atoms with Gasteiger partial charge in [0.1, 0.15) is 36.4 Å². The normalized spacial score (nSPS) is 15.5. The van der Waals surface area contributed by atoms with Crippen LogP contribution in [0.15, 0.2) is 78.9 Å². The molecule has 0 saturated heterocycles. The third-order valence-corrected chi connectivity index (χ3v) is 9.94. The number of carbonyl (C=O) groups excluding carboxylic acids is 9. The number of alkyl carbamates (subject to hydrolysis) is 1. The van der Waals surface area contributed by atoms with Gasteiger partial charge in [-0.25, -0.2) is 19.6 Å². The Bertz CT molecular complexity index is 2180. The monoisotopic (exact) mass is 838 g/mol. The Labute approximate surface area is 353 Å². The van der Waals surface area contributed by atoms with Crippen LogP contribution in [0.1, 0.15) is 109 Å². The van der Waals surface area contributed by atoms with E-state index in [0.717, 1.165) is 0 Å². The smallest absolute Gasteiger partial charge is 0.408 e. The maximum absolute atomic E-state index is 14.8. The molecule has 17 nitrogen and oxygen atoms in total. The number of carbonyl (C=O) groups is 9. The van der Waals surface area contributed by atoms with Gasteiger partial charge in [-0.05, 0) is 76.3 Å². The Kier molecular flexibility index (Phi) is 13.4. The molecule has 4 atom stereocenters. The summed E-state index contributed by atoms with van der Waals surface area (Å²) in [6, 6.07) is 14.0. The molecule has 2 N–H and O–H groups in total. The van der Waals surface area contributed by atoms with Crippen molar-refractivity contribution < 1.29 is 52.6 Å². The summed E-state index contributed by atoms with van der Waals surface area (Å²) >= 11 is 0. The molecule has 0 saturated carbocycles. The molecule has 2 aliphatic heterocycles. The van der Waals surface area contributed by atoms with Gasteiger partial charge in [0.25, 0.3) is 35.4 Å². The molecule has 3 aromatic rings. The molecule has 61 heavy (non-hydrogen) atoms. The number of rotatable bonds is 14. The van der Waals surface area contributed by atoms with Crippen LogP contribution in [0, 0.1) is 11.8 Å². The van der Waals surface area contributed by atoms with Crippen LogP contribution in [0.5, 0.6) is 0 Å². The Morgan fingerprint density at radius 3 is 1.34 bits per heavy atom. The zero-order valence-electron chi connectivity index (χ0n) is 35.5. The maximum Gasteiger partial charge on any atom is 0.408 e. The predicted molar refractivity (Wildman–Crippen MR) is 218 cm³/mol. The minimum Gasteiger partial charge on any atom is -0.459 e. The Morgan fingerprint density at radius 2 is 0.951 bits per heavy atom. The molecule has 322 valence electrons. The van der Waals surface area contributed by atoms with Crippen LogP contribution in [0.3, 0.4) is 0 Å². The first-order valence-electron chi connectivity index (χ1n) is 19.8. The molecule has 0 fully saturated rings. The summed E-state index contributed by atoms with van der Waals surface area (Å²) in [5.74, 6) is -9.27.